The lowest BCUT2D eigenvalue weighted by molar-refractivity contribution is -0.124. The van der Waals surface area contributed by atoms with Gasteiger partial charge in [-0.15, -0.1) is 0 Å². The molecule has 2 aromatic rings. The van der Waals surface area contributed by atoms with Crippen LogP contribution in [0, 0.1) is 0 Å². The molecule has 0 saturated carbocycles. The first-order chi connectivity index (χ1) is 11.1. The van der Waals surface area contributed by atoms with Gasteiger partial charge >= 0.3 is 0 Å². The van der Waals surface area contributed by atoms with E-state index in [0.29, 0.717) is 12.6 Å². The van der Waals surface area contributed by atoms with Crippen molar-refractivity contribution < 1.29 is 4.79 Å². The van der Waals surface area contributed by atoms with Crippen LogP contribution in [-0.2, 0) is 17.8 Å². The number of benzene rings is 1. The molecule has 1 aromatic carbocycles. The average Bonchev–Trinajstić information content (AvgIpc) is 3.12. The lowest BCUT2D eigenvalue weighted by atomic mass is 9.99. The molecule has 1 aromatic heterocycles. The summed E-state index contributed by atoms with van der Waals surface area (Å²) in [4.78, 5) is 18.5. The monoisotopic (exact) mass is 313 g/mol. The van der Waals surface area contributed by atoms with E-state index in [0.717, 1.165) is 19.5 Å². The Labute approximate surface area is 136 Å². The summed E-state index contributed by atoms with van der Waals surface area (Å²) < 4.78 is 1.57. The number of aromatic nitrogens is 3. The molecule has 3 rings (SSSR count). The fourth-order valence-electron chi connectivity index (χ4n) is 2.96. The van der Waals surface area contributed by atoms with Gasteiger partial charge < -0.3 is 5.32 Å². The number of hydrogen-bond acceptors (Lipinski definition) is 4. The molecule has 122 valence electrons. The largest absolute Gasteiger partial charge is 0.353 e. The molecule has 0 fully saturated rings. The highest BCUT2D eigenvalue weighted by Gasteiger charge is 2.22. The summed E-state index contributed by atoms with van der Waals surface area (Å²) in [5.74, 6) is -0.0280. The van der Waals surface area contributed by atoms with Gasteiger partial charge in [0.25, 0.3) is 0 Å². The lowest BCUT2D eigenvalue weighted by Gasteiger charge is -2.34. The fraction of sp³-hybridized carbons (Fsp3) is 0.471. The van der Waals surface area contributed by atoms with Gasteiger partial charge in [-0.2, -0.15) is 5.10 Å². The second kappa shape index (κ2) is 6.91. The summed E-state index contributed by atoms with van der Waals surface area (Å²) >= 11 is 0. The molecule has 6 heteroatoms. The zero-order valence-electron chi connectivity index (χ0n) is 13.6. The number of carbonyl (C=O) groups is 1. The first-order valence-electron chi connectivity index (χ1n) is 8.08. The van der Waals surface area contributed by atoms with Crippen LogP contribution in [0.4, 0.5) is 0 Å². The molecule has 0 unspecified atom stereocenters. The Kier molecular flexibility index (Phi) is 4.71. The minimum atomic E-state index is -0.341. The Morgan fingerprint density at radius 1 is 1.30 bits per heavy atom. The average molecular weight is 313 g/mol. The van der Waals surface area contributed by atoms with Crippen molar-refractivity contribution in [2.45, 2.75) is 38.9 Å². The molecular weight excluding hydrogens is 290 g/mol. The molecule has 0 saturated heterocycles. The van der Waals surface area contributed by atoms with Gasteiger partial charge in [0, 0.05) is 25.7 Å². The molecule has 6 nitrogen and oxygen atoms in total. The number of nitrogens with zero attached hydrogens (tertiary/aromatic N) is 4. The summed E-state index contributed by atoms with van der Waals surface area (Å²) in [5.41, 5.74) is 2.84. The van der Waals surface area contributed by atoms with Crippen molar-refractivity contribution in [1.29, 1.82) is 0 Å². The van der Waals surface area contributed by atoms with Gasteiger partial charge in [-0.05, 0) is 31.4 Å². The Morgan fingerprint density at radius 3 is 2.83 bits per heavy atom. The van der Waals surface area contributed by atoms with Crippen molar-refractivity contribution in [3.8, 4) is 0 Å². The van der Waals surface area contributed by atoms with E-state index in [1.54, 1.807) is 11.0 Å². The van der Waals surface area contributed by atoms with Crippen LogP contribution in [0.15, 0.2) is 36.9 Å². The summed E-state index contributed by atoms with van der Waals surface area (Å²) in [7, 11) is 0. The van der Waals surface area contributed by atoms with Crippen molar-refractivity contribution in [3.05, 3.63) is 48.0 Å². The molecule has 0 radical (unpaired) electrons. The maximum absolute atomic E-state index is 12.2. The molecule has 2 heterocycles. The summed E-state index contributed by atoms with van der Waals surface area (Å²) in [6.07, 6.45) is 4.08. The summed E-state index contributed by atoms with van der Waals surface area (Å²) in [6, 6.07) is 8.55. The summed E-state index contributed by atoms with van der Waals surface area (Å²) in [5, 5.41) is 7.04. The molecule has 1 aliphatic rings. The summed E-state index contributed by atoms with van der Waals surface area (Å²) in [6.45, 7) is 6.61. The van der Waals surface area contributed by atoms with Crippen molar-refractivity contribution >= 4 is 5.91 Å². The maximum Gasteiger partial charge on any atom is 0.244 e. The smallest absolute Gasteiger partial charge is 0.244 e. The van der Waals surface area contributed by atoms with E-state index in [1.807, 2.05) is 6.92 Å². The van der Waals surface area contributed by atoms with E-state index < -0.39 is 0 Å². The van der Waals surface area contributed by atoms with Gasteiger partial charge in [-0.25, -0.2) is 9.67 Å². The van der Waals surface area contributed by atoms with E-state index in [9.17, 15) is 4.79 Å². The normalized spacial score (nSPS) is 17.3. The molecule has 0 spiro atoms. The molecule has 1 aliphatic heterocycles. The molecule has 1 amide bonds. The highest BCUT2D eigenvalue weighted by Crippen LogP contribution is 2.20. The predicted octanol–water partition coefficient (Wildman–Crippen LogP) is 1.40. The highest BCUT2D eigenvalue weighted by molar-refractivity contribution is 5.79. The van der Waals surface area contributed by atoms with Crippen LogP contribution in [0.3, 0.4) is 0 Å². The minimum absolute atomic E-state index is 0.0280. The van der Waals surface area contributed by atoms with E-state index >= 15 is 0 Å². The Hall–Kier alpha value is -2.21. The quantitative estimate of drug-likeness (QED) is 0.906. The van der Waals surface area contributed by atoms with Crippen LogP contribution in [0.1, 0.15) is 31.0 Å². The molecule has 0 bridgehead atoms. The number of hydrogen-bond donors (Lipinski definition) is 1. The molecule has 1 N–H and O–H groups in total. The standard InChI is InChI=1S/C17H23N5O/c1-13(9-19-17(23)14(2)22-12-18-11-20-22)21-8-7-15-5-3-4-6-16(15)10-21/h3-6,11-14H,7-10H2,1-2H3,(H,19,23)/t13-,14+/m0/s1. The molecule has 23 heavy (non-hydrogen) atoms. The topological polar surface area (TPSA) is 63.1 Å². The SMILES string of the molecule is C[C@H](C(=O)NC[C@H](C)N1CCc2ccccc2C1)n1cncn1. The zero-order chi connectivity index (χ0) is 16.2. The maximum atomic E-state index is 12.2. The number of carbonyl (C=O) groups excluding carboxylic acids is 1. The van der Waals surface area contributed by atoms with Gasteiger partial charge in [0.2, 0.25) is 5.91 Å². The van der Waals surface area contributed by atoms with Crippen LogP contribution in [0.5, 0.6) is 0 Å². The van der Waals surface area contributed by atoms with E-state index in [2.05, 4.69) is 51.5 Å². The van der Waals surface area contributed by atoms with Crippen molar-refractivity contribution in [1.82, 2.24) is 25.0 Å². The van der Waals surface area contributed by atoms with Crippen molar-refractivity contribution in [3.63, 3.8) is 0 Å². The van der Waals surface area contributed by atoms with Gasteiger partial charge in [0.05, 0.1) is 0 Å². The number of nitrogens with one attached hydrogen (secondary N) is 1. The van der Waals surface area contributed by atoms with Crippen LogP contribution in [0.25, 0.3) is 0 Å². The number of amides is 1. The van der Waals surface area contributed by atoms with Gasteiger partial charge in [0.15, 0.2) is 0 Å². The third-order valence-corrected chi connectivity index (χ3v) is 4.57. The lowest BCUT2D eigenvalue weighted by Crippen LogP contribution is -2.45. The minimum Gasteiger partial charge on any atom is -0.353 e. The first kappa shape index (κ1) is 15.7. The van der Waals surface area contributed by atoms with Crippen LogP contribution in [0.2, 0.25) is 0 Å². The Bertz CT molecular complexity index is 655. The Morgan fingerprint density at radius 2 is 2.09 bits per heavy atom. The molecule has 2 atom stereocenters. The van der Waals surface area contributed by atoms with Gasteiger partial charge in [0.1, 0.15) is 18.7 Å². The first-order valence-corrected chi connectivity index (χ1v) is 8.08. The number of rotatable bonds is 5. The molecular formula is C17H23N5O. The number of fused-ring (bicyclic) bond motifs is 1. The van der Waals surface area contributed by atoms with E-state index in [-0.39, 0.29) is 11.9 Å². The molecule has 0 aliphatic carbocycles. The zero-order valence-corrected chi connectivity index (χ0v) is 13.6. The van der Waals surface area contributed by atoms with Crippen LogP contribution < -0.4 is 5.32 Å². The highest BCUT2D eigenvalue weighted by atomic mass is 16.2. The van der Waals surface area contributed by atoms with Crippen molar-refractivity contribution in [2.24, 2.45) is 0 Å². The van der Waals surface area contributed by atoms with Crippen LogP contribution in [-0.4, -0.2) is 44.7 Å². The van der Waals surface area contributed by atoms with Gasteiger partial charge in [-0.1, -0.05) is 24.3 Å². The van der Waals surface area contributed by atoms with Gasteiger partial charge in [-0.3, -0.25) is 9.69 Å². The third kappa shape index (κ3) is 3.59. The second-order valence-electron chi connectivity index (χ2n) is 6.13. The fourth-order valence-corrected chi connectivity index (χ4v) is 2.96. The third-order valence-electron chi connectivity index (χ3n) is 4.57. The van der Waals surface area contributed by atoms with Crippen LogP contribution >= 0.6 is 0 Å². The Balaban J connectivity index is 1.52. The second-order valence-corrected chi connectivity index (χ2v) is 6.13. The van der Waals surface area contributed by atoms with Crippen molar-refractivity contribution in [2.75, 3.05) is 13.1 Å². The predicted molar refractivity (Wildman–Crippen MR) is 87.8 cm³/mol. The van der Waals surface area contributed by atoms with E-state index in [4.69, 9.17) is 0 Å². The van der Waals surface area contributed by atoms with E-state index in [1.165, 1.54) is 17.5 Å².